The average Bonchev–Trinajstić information content (AvgIpc) is 2.81. The summed E-state index contributed by atoms with van der Waals surface area (Å²) < 4.78 is 28.4. The molecule has 1 fully saturated rings. The van der Waals surface area contributed by atoms with E-state index in [0.29, 0.717) is 11.5 Å². The Balaban J connectivity index is 1.52. The molecule has 1 heterocycles. The van der Waals surface area contributed by atoms with Crippen LogP contribution in [0.5, 0.6) is 0 Å². The second-order valence-corrected chi connectivity index (χ2v) is 12.6. The van der Waals surface area contributed by atoms with Crippen molar-refractivity contribution < 1.29 is 8.78 Å². The van der Waals surface area contributed by atoms with Gasteiger partial charge in [-0.05, 0) is 53.0 Å². The third kappa shape index (κ3) is 5.37. The summed E-state index contributed by atoms with van der Waals surface area (Å²) >= 11 is 0. The van der Waals surface area contributed by atoms with Crippen LogP contribution in [0.2, 0.25) is 18.1 Å². The SMILES string of the molecule is CC(C)CCC[Si]1CCC(c2cccc(-c3ccccc3-c3cccc(F)c3F)c2)CC1. The number of benzene rings is 3. The van der Waals surface area contributed by atoms with Gasteiger partial charge >= 0.3 is 0 Å². The quantitative estimate of drug-likeness (QED) is 0.317. The van der Waals surface area contributed by atoms with Gasteiger partial charge < -0.3 is 0 Å². The molecule has 0 aliphatic carbocycles. The van der Waals surface area contributed by atoms with E-state index in [4.69, 9.17) is 0 Å². The van der Waals surface area contributed by atoms with Gasteiger partial charge in [-0.25, -0.2) is 8.78 Å². The van der Waals surface area contributed by atoms with Crippen molar-refractivity contribution in [2.75, 3.05) is 0 Å². The number of hydrogen-bond acceptors (Lipinski definition) is 0. The van der Waals surface area contributed by atoms with Crippen LogP contribution in [0.25, 0.3) is 22.3 Å². The first kappa shape index (κ1) is 22.9. The van der Waals surface area contributed by atoms with Crippen molar-refractivity contribution in [2.24, 2.45) is 5.92 Å². The van der Waals surface area contributed by atoms with Crippen molar-refractivity contribution in [3.05, 3.63) is 83.9 Å². The molecule has 3 aromatic rings. The summed E-state index contributed by atoms with van der Waals surface area (Å²) in [6, 6.07) is 25.2. The summed E-state index contributed by atoms with van der Waals surface area (Å²) in [5.41, 5.74) is 4.47. The zero-order chi connectivity index (χ0) is 22.5. The highest BCUT2D eigenvalue weighted by molar-refractivity contribution is 6.59. The van der Waals surface area contributed by atoms with E-state index < -0.39 is 11.6 Å². The van der Waals surface area contributed by atoms with Crippen LogP contribution in [0.4, 0.5) is 8.78 Å². The average molecular weight is 448 g/mol. The topological polar surface area (TPSA) is 0 Å². The maximum Gasteiger partial charge on any atom is 0.166 e. The lowest BCUT2D eigenvalue weighted by Crippen LogP contribution is -2.20. The first-order valence-corrected chi connectivity index (χ1v) is 14.1. The highest BCUT2D eigenvalue weighted by atomic mass is 28.3. The highest BCUT2D eigenvalue weighted by Gasteiger charge is 2.24. The highest BCUT2D eigenvalue weighted by Crippen LogP contribution is 2.39. The van der Waals surface area contributed by atoms with Crippen LogP contribution in [0.1, 0.15) is 51.0 Å². The fraction of sp³-hybridized carbons (Fsp3) is 0.379. The normalized spacial score (nSPS) is 15.4. The molecule has 0 N–H and O–H groups in total. The van der Waals surface area contributed by atoms with Gasteiger partial charge in [0.2, 0.25) is 0 Å². The van der Waals surface area contributed by atoms with Crippen LogP contribution in [-0.4, -0.2) is 8.80 Å². The Labute approximate surface area is 193 Å². The number of rotatable bonds is 7. The molecule has 0 aromatic heterocycles. The first-order valence-electron chi connectivity index (χ1n) is 12.0. The van der Waals surface area contributed by atoms with E-state index in [1.807, 2.05) is 24.3 Å². The molecule has 0 unspecified atom stereocenters. The Bertz CT molecular complexity index is 1030. The zero-order valence-electron chi connectivity index (χ0n) is 19.2. The second-order valence-electron chi connectivity index (χ2n) is 9.58. The molecule has 0 atom stereocenters. The van der Waals surface area contributed by atoms with E-state index >= 15 is 0 Å². The maximum absolute atomic E-state index is 14.6. The predicted molar refractivity (Wildman–Crippen MR) is 133 cm³/mol. The minimum atomic E-state index is -0.806. The molecule has 1 aliphatic rings. The van der Waals surface area contributed by atoms with E-state index in [9.17, 15) is 8.78 Å². The van der Waals surface area contributed by atoms with E-state index in [1.54, 1.807) is 12.1 Å². The van der Waals surface area contributed by atoms with Crippen LogP contribution < -0.4 is 0 Å². The van der Waals surface area contributed by atoms with Crippen molar-refractivity contribution in [1.29, 1.82) is 0 Å². The van der Waals surface area contributed by atoms with Gasteiger partial charge in [0.25, 0.3) is 0 Å². The molecular weight excluding hydrogens is 414 g/mol. The van der Waals surface area contributed by atoms with Crippen molar-refractivity contribution in [3.63, 3.8) is 0 Å². The van der Waals surface area contributed by atoms with Crippen molar-refractivity contribution >= 4 is 8.80 Å². The molecule has 0 amide bonds. The number of halogens is 2. The van der Waals surface area contributed by atoms with Gasteiger partial charge in [-0.15, -0.1) is 0 Å². The van der Waals surface area contributed by atoms with Crippen molar-refractivity contribution in [3.8, 4) is 22.3 Å². The summed E-state index contributed by atoms with van der Waals surface area (Å²) in [4.78, 5) is 0. The van der Waals surface area contributed by atoms with Gasteiger partial charge in [0.05, 0.1) is 0 Å². The lowest BCUT2D eigenvalue weighted by Gasteiger charge is -2.28. The van der Waals surface area contributed by atoms with Crippen LogP contribution in [0, 0.1) is 17.6 Å². The lowest BCUT2D eigenvalue weighted by molar-refractivity contribution is 0.511. The molecule has 4 rings (SSSR count). The largest absolute Gasteiger partial charge is 0.204 e. The molecule has 0 nitrogen and oxygen atoms in total. The fourth-order valence-corrected chi connectivity index (χ4v) is 7.98. The summed E-state index contributed by atoms with van der Waals surface area (Å²) in [5, 5.41) is 0. The number of hydrogen-bond donors (Lipinski definition) is 0. The molecule has 3 heteroatoms. The Morgan fingerprint density at radius 1 is 0.844 bits per heavy atom. The molecule has 0 saturated carbocycles. The minimum absolute atomic E-state index is 0.173. The van der Waals surface area contributed by atoms with Crippen LogP contribution >= 0.6 is 0 Å². The van der Waals surface area contributed by atoms with Crippen LogP contribution in [-0.2, 0) is 0 Å². The second kappa shape index (κ2) is 10.6. The molecule has 3 aromatic carbocycles. The third-order valence-corrected chi connectivity index (χ3v) is 9.89. The molecule has 0 bridgehead atoms. The lowest BCUT2D eigenvalue weighted by atomic mass is 9.89. The Hall–Kier alpha value is -2.26. The molecule has 1 radical (unpaired) electrons. The van der Waals surface area contributed by atoms with E-state index in [-0.39, 0.29) is 8.80 Å². The van der Waals surface area contributed by atoms with E-state index in [1.165, 1.54) is 55.4 Å². The molecule has 1 saturated heterocycles. The van der Waals surface area contributed by atoms with Gasteiger partial charge in [0.15, 0.2) is 11.6 Å². The van der Waals surface area contributed by atoms with E-state index in [2.05, 4.69) is 38.1 Å². The Kier molecular flexibility index (Phi) is 7.57. The maximum atomic E-state index is 14.6. The molecule has 167 valence electrons. The summed E-state index contributed by atoms with van der Waals surface area (Å²) in [6.07, 6.45) is 5.35. The monoisotopic (exact) mass is 447 g/mol. The van der Waals surface area contributed by atoms with E-state index in [0.717, 1.165) is 22.6 Å². The first-order chi connectivity index (χ1) is 15.5. The summed E-state index contributed by atoms with van der Waals surface area (Å²) in [7, 11) is -0.173. The predicted octanol–water partition coefficient (Wildman–Crippen LogP) is 9.11. The van der Waals surface area contributed by atoms with Gasteiger partial charge in [-0.1, -0.05) is 105 Å². The summed E-state index contributed by atoms with van der Waals surface area (Å²) in [5.74, 6) is -0.151. The van der Waals surface area contributed by atoms with Crippen molar-refractivity contribution in [1.82, 2.24) is 0 Å². The van der Waals surface area contributed by atoms with Crippen LogP contribution in [0.15, 0.2) is 66.7 Å². The van der Waals surface area contributed by atoms with Gasteiger partial charge in [0.1, 0.15) is 0 Å². The fourth-order valence-electron chi connectivity index (χ4n) is 5.01. The summed E-state index contributed by atoms with van der Waals surface area (Å²) in [6.45, 7) is 4.64. The molecule has 32 heavy (non-hydrogen) atoms. The third-order valence-electron chi connectivity index (χ3n) is 6.84. The van der Waals surface area contributed by atoms with Gasteiger partial charge in [0, 0.05) is 14.4 Å². The molecule has 0 spiro atoms. The van der Waals surface area contributed by atoms with Gasteiger partial charge in [-0.3, -0.25) is 0 Å². The van der Waals surface area contributed by atoms with Crippen molar-refractivity contribution in [2.45, 2.75) is 63.6 Å². The van der Waals surface area contributed by atoms with Crippen LogP contribution in [0.3, 0.4) is 0 Å². The molecule has 1 aliphatic heterocycles. The molecular formula is C29H33F2Si. The minimum Gasteiger partial charge on any atom is -0.204 e. The standard InChI is InChI=1S/C29H33F2Si/c1-21(2)8-7-17-32-18-15-22(16-19-32)23-9-5-10-24(20-23)25-11-3-4-12-26(25)27-13-6-14-28(30)29(27)31/h3-6,9-14,20-22H,7-8,15-19H2,1-2H3. The Morgan fingerprint density at radius 2 is 1.53 bits per heavy atom. The Morgan fingerprint density at radius 3 is 2.28 bits per heavy atom. The van der Waals surface area contributed by atoms with Gasteiger partial charge in [-0.2, -0.15) is 0 Å². The smallest absolute Gasteiger partial charge is 0.166 e. The zero-order valence-corrected chi connectivity index (χ0v) is 20.2.